The lowest BCUT2D eigenvalue weighted by atomic mass is 10.1. The van der Waals surface area contributed by atoms with E-state index in [9.17, 15) is 4.79 Å². The molecule has 2 heterocycles. The van der Waals surface area contributed by atoms with E-state index in [1.165, 1.54) is 15.4 Å². The average molecular weight is 496 g/mol. The van der Waals surface area contributed by atoms with Crippen molar-refractivity contribution in [3.05, 3.63) is 66.1 Å². The molecule has 190 valence electrons. The maximum Gasteiger partial charge on any atom is 0.410 e. The Hall–Kier alpha value is -2.73. The Balaban J connectivity index is 0.00000103. The number of benzene rings is 2. The minimum atomic E-state index is -0.507. The smallest absolute Gasteiger partial charge is 0.410 e. The van der Waals surface area contributed by atoms with Crippen LogP contribution in [-0.2, 0) is 4.74 Å². The highest BCUT2D eigenvalue weighted by Gasteiger charge is 2.34. The highest BCUT2D eigenvalue weighted by Crippen LogP contribution is 2.35. The SMILES string of the molecule is CC.CC.Cc1ccc(-c2cnc([C@@H]3CCCN3C(=O)OC(C)(C)C)[nH]2)cc1Sc1ccccc1. The van der Waals surface area contributed by atoms with Gasteiger partial charge in [-0.1, -0.05) is 69.8 Å². The molecule has 1 aliphatic heterocycles. The summed E-state index contributed by atoms with van der Waals surface area (Å²) in [5, 5.41) is 0. The summed E-state index contributed by atoms with van der Waals surface area (Å²) in [7, 11) is 0. The Bertz CT molecular complexity index is 1060. The number of hydrogen-bond acceptors (Lipinski definition) is 4. The monoisotopic (exact) mass is 495 g/mol. The van der Waals surface area contributed by atoms with Crippen LogP contribution in [0.25, 0.3) is 11.3 Å². The van der Waals surface area contributed by atoms with Crippen LogP contribution < -0.4 is 0 Å². The molecule has 0 radical (unpaired) electrons. The molecule has 35 heavy (non-hydrogen) atoms. The van der Waals surface area contributed by atoms with Gasteiger partial charge in [-0.25, -0.2) is 9.78 Å². The average Bonchev–Trinajstić information content (AvgIpc) is 3.53. The van der Waals surface area contributed by atoms with Crippen LogP contribution >= 0.6 is 11.8 Å². The van der Waals surface area contributed by atoms with E-state index < -0.39 is 5.60 Å². The van der Waals surface area contributed by atoms with Gasteiger partial charge in [0, 0.05) is 21.9 Å². The van der Waals surface area contributed by atoms with Crippen LogP contribution in [0.3, 0.4) is 0 Å². The number of ether oxygens (including phenoxy) is 1. The fourth-order valence-electron chi connectivity index (χ4n) is 3.74. The number of hydrogen-bond donors (Lipinski definition) is 1. The summed E-state index contributed by atoms with van der Waals surface area (Å²) in [6.45, 7) is 16.5. The molecule has 1 N–H and O–H groups in total. The molecular formula is C29H41N3O2S. The second-order valence-corrected chi connectivity index (χ2v) is 10.0. The molecule has 1 saturated heterocycles. The van der Waals surface area contributed by atoms with Crippen LogP contribution in [0.4, 0.5) is 4.79 Å². The number of imidazole rings is 1. The number of likely N-dealkylation sites (tertiary alicyclic amines) is 1. The Kier molecular flexibility index (Phi) is 10.9. The summed E-state index contributed by atoms with van der Waals surface area (Å²) >= 11 is 1.76. The number of aromatic nitrogens is 2. The van der Waals surface area contributed by atoms with Crippen molar-refractivity contribution in [1.29, 1.82) is 0 Å². The number of nitrogens with one attached hydrogen (secondary N) is 1. The molecule has 0 unspecified atom stereocenters. The van der Waals surface area contributed by atoms with Crippen molar-refractivity contribution in [1.82, 2.24) is 14.9 Å². The van der Waals surface area contributed by atoms with Crippen molar-refractivity contribution in [2.45, 2.75) is 89.7 Å². The van der Waals surface area contributed by atoms with Crippen molar-refractivity contribution in [2.24, 2.45) is 0 Å². The fourth-order valence-corrected chi connectivity index (χ4v) is 4.70. The minimum absolute atomic E-state index is 0.0767. The topological polar surface area (TPSA) is 58.2 Å². The molecular weight excluding hydrogens is 454 g/mol. The molecule has 1 atom stereocenters. The third-order valence-electron chi connectivity index (χ3n) is 5.26. The van der Waals surface area contributed by atoms with Gasteiger partial charge in [-0.15, -0.1) is 0 Å². The Morgan fingerprint density at radius 1 is 1.09 bits per heavy atom. The molecule has 1 fully saturated rings. The fraction of sp³-hybridized carbons (Fsp3) is 0.448. The highest BCUT2D eigenvalue weighted by atomic mass is 32.2. The van der Waals surface area contributed by atoms with Crippen molar-refractivity contribution >= 4 is 17.9 Å². The second kappa shape index (κ2) is 13.4. The zero-order chi connectivity index (χ0) is 26.0. The van der Waals surface area contributed by atoms with E-state index in [2.05, 4.69) is 59.4 Å². The van der Waals surface area contributed by atoms with Gasteiger partial charge in [-0.2, -0.15) is 0 Å². The van der Waals surface area contributed by atoms with E-state index in [1.807, 2.05) is 60.7 Å². The van der Waals surface area contributed by atoms with Gasteiger partial charge in [0.05, 0.1) is 17.9 Å². The van der Waals surface area contributed by atoms with Gasteiger partial charge < -0.3 is 9.72 Å². The first-order valence-electron chi connectivity index (χ1n) is 12.7. The lowest BCUT2D eigenvalue weighted by Crippen LogP contribution is -2.36. The molecule has 4 rings (SSSR count). The third kappa shape index (κ3) is 7.89. The Morgan fingerprint density at radius 3 is 2.43 bits per heavy atom. The predicted molar refractivity (Wildman–Crippen MR) is 147 cm³/mol. The largest absolute Gasteiger partial charge is 0.444 e. The third-order valence-corrected chi connectivity index (χ3v) is 6.43. The number of H-pyrrole nitrogens is 1. The molecule has 0 spiro atoms. The van der Waals surface area contributed by atoms with Crippen LogP contribution in [0, 0.1) is 6.92 Å². The standard InChI is InChI=1S/C25H29N3O2S.2C2H6/c1-17-12-13-18(15-22(17)31-19-9-6-5-7-10-19)20-16-26-23(27-20)21-11-8-14-28(21)24(29)30-25(2,3)4;2*1-2/h5-7,9-10,12-13,15-16,21H,8,11,14H2,1-4H3,(H,26,27);2*1-2H3/t21-;;/m0../s1. The summed E-state index contributed by atoms with van der Waals surface area (Å²) in [5.74, 6) is 0.816. The Morgan fingerprint density at radius 2 is 1.77 bits per heavy atom. The number of amides is 1. The lowest BCUT2D eigenvalue weighted by Gasteiger charge is -2.27. The number of carbonyl (C=O) groups excluding carboxylic acids is 1. The van der Waals surface area contributed by atoms with E-state index in [0.717, 1.165) is 29.9 Å². The van der Waals surface area contributed by atoms with Crippen LogP contribution in [0.1, 0.15) is 78.7 Å². The first-order valence-corrected chi connectivity index (χ1v) is 13.5. The Labute approximate surface area is 215 Å². The van der Waals surface area contributed by atoms with Crippen molar-refractivity contribution in [3.8, 4) is 11.3 Å². The van der Waals surface area contributed by atoms with E-state index in [0.29, 0.717) is 6.54 Å². The van der Waals surface area contributed by atoms with Crippen LogP contribution in [0.2, 0.25) is 0 Å². The van der Waals surface area contributed by atoms with Crippen molar-refractivity contribution < 1.29 is 9.53 Å². The second-order valence-electron chi connectivity index (χ2n) is 8.91. The molecule has 0 saturated carbocycles. The number of carbonyl (C=O) groups is 1. The van der Waals surface area contributed by atoms with Crippen molar-refractivity contribution in [3.63, 3.8) is 0 Å². The van der Waals surface area contributed by atoms with Crippen LogP contribution in [-0.4, -0.2) is 33.1 Å². The number of aryl methyl sites for hydroxylation is 1. The van der Waals surface area contributed by atoms with Gasteiger partial charge in [0.25, 0.3) is 0 Å². The summed E-state index contributed by atoms with van der Waals surface area (Å²) in [6, 6.07) is 16.8. The van der Waals surface area contributed by atoms with E-state index in [4.69, 9.17) is 4.74 Å². The van der Waals surface area contributed by atoms with Gasteiger partial charge in [0.1, 0.15) is 11.4 Å². The number of rotatable bonds is 4. The van der Waals surface area contributed by atoms with E-state index in [1.54, 1.807) is 16.7 Å². The molecule has 1 amide bonds. The molecule has 2 aromatic carbocycles. The molecule has 3 aromatic rings. The molecule has 6 heteroatoms. The van der Waals surface area contributed by atoms with Gasteiger partial charge in [-0.05, 0) is 64.3 Å². The van der Waals surface area contributed by atoms with Crippen LogP contribution in [0.15, 0.2) is 64.5 Å². The number of aromatic amines is 1. The van der Waals surface area contributed by atoms with E-state index in [-0.39, 0.29) is 12.1 Å². The van der Waals surface area contributed by atoms with Gasteiger partial charge in [-0.3, -0.25) is 4.90 Å². The molecule has 1 aromatic heterocycles. The molecule has 1 aliphatic rings. The predicted octanol–water partition coefficient (Wildman–Crippen LogP) is 8.66. The summed E-state index contributed by atoms with van der Waals surface area (Å²) in [4.78, 5) is 24.9. The van der Waals surface area contributed by atoms with Gasteiger partial charge in [0.2, 0.25) is 0 Å². The lowest BCUT2D eigenvalue weighted by molar-refractivity contribution is 0.0218. The zero-order valence-electron chi connectivity index (χ0n) is 22.5. The first-order chi connectivity index (χ1) is 16.8. The zero-order valence-corrected chi connectivity index (χ0v) is 23.3. The maximum atomic E-state index is 12.6. The quantitative estimate of drug-likeness (QED) is 0.393. The maximum absolute atomic E-state index is 12.6. The normalized spacial score (nSPS) is 15.0. The number of nitrogens with zero attached hydrogens (tertiary/aromatic N) is 2. The van der Waals surface area contributed by atoms with Gasteiger partial charge >= 0.3 is 6.09 Å². The molecule has 5 nitrogen and oxygen atoms in total. The first kappa shape index (κ1) is 28.5. The summed E-state index contributed by atoms with van der Waals surface area (Å²) < 4.78 is 5.59. The van der Waals surface area contributed by atoms with E-state index >= 15 is 0 Å². The molecule has 0 aliphatic carbocycles. The summed E-state index contributed by atoms with van der Waals surface area (Å²) in [6.07, 6.45) is 3.42. The highest BCUT2D eigenvalue weighted by molar-refractivity contribution is 7.99. The molecule has 0 bridgehead atoms. The van der Waals surface area contributed by atoms with Gasteiger partial charge in [0.15, 0.2) is 0 Å². The van der Waals surface area contributed by atoms with Crippen molar-refractivity contribution in [2.75, 3.05) is 6.54 Å². The summed E-state index contributed by atoms with van der Waals surface area (Å²) in [5.41, 5.74) is 2.78. The minimum Gasteiger partial charge on any atom is -0.444 e. The van der Waals surface area contributed by atoms with Crippen LogP contribution in [0.5, 0.6) is 0 Å².